The molecular formula is C64H38N6O. The Labute approximate surface area is 407 Å². The van der Waals surface area contributed by atoms with Gasteiger partial charge in [0.25, 0.3) is 0 Å². The van der Waals surface area contributed by atoms with Crippen molar-refractivity contribution in [2.24, 2.45) is 0 Å². The van der Waals surface area contributed by atoms with Gasteiger partial charge in [-0.3, -0.25) is 0 Å². The molecule has 0 N–H and O–H groups in total. The van der Waals surface area contributed by atoms with Crippen molar-refractivity contribution < 1.29 is 4.42 Å². The summed E-state index contributed by atoms with van der Waals surface area (Å²) >= 11 is 0. The van der Waals surface area contributed by atoms with Crippen molar-refractivity contribution in [2.75, 3.05) is 0 Å². The molecule has 7 nitrogen and oxygen atoms in total. The SMILES string of the molecule is N#Cc1ccc(-n2c3ccccc3c3ccc4c(c5ccccc5n4-c4cccc5c4oc4ccccc45)c32)c(-c2nc(-c3ccc(-c4ccccc4)cc3)nc(-c3ccccc3-c3ccccc3)n2)c1. The second-order valence-electron chi connectivity index (χ2n) is 17.8. The fraction of sp³-hybridized carbons (Fsp3) is 0. The lowest BCUT2D eigenvalue weighted by molar-refractivity contribution is 0.666. The molecule has 7 heteroatoms. The molecule has 0 spiro atoms. The van der Waals surface area contributed by atoms with Crippen LogP contribution >= 0.6 is 0 Å². The van der Waals surface area contributed by atoms with E-state index in [0.717, 1.165) is 110 Å². The summed E-state index contributed by atoms with van der Waals surface area (Å²) in [6, 6.07) is 81.9. The molecule has 0 atom stereocenters. The molecule has 0 saturated carbocycles. The predicted molar refractivity (Wildman–Crippen MR) is 288 cm³/mol. The van der Waals surface area contributed by atoms with E-state index < -0.39 is 0 Å². The van der Waals surface area contributed by atoms with Crippen LogP contribution in [0.25, 0.3) is 133 Å². The first-order valence-corrected chi connectivity index (χ1v) is 23.7. The van der Waals surface area contributed by atoms with Crippen LogP contribution in [0.3, 0.4) is 0 Å². The Morgan fingerprint density at radius 1 is 0.366 bits per heavy atom. The molecule has 0 bridgehead atoms. The van der Waals surface area contributed by atoms with E-state index in [4.69, 9.17) is 19.4 Å². The normalized spacial score (nSPS) is 11.6. The van der Waals surface area contributed by atoms with E-state index in [-0.39, 0.29) is 0 Å². The molecule has 330 valence electrons. The highest BCUT2D eigenvalue weighted by Crippen LogP contribution is 2.45. The number of para-hydroxylation sites is 4. The Morgan fingerprint density at radius 2 is 0.958 bits per heavy atom. The summed E-state index contributed by atoms with van der Waals surface area (Å²) in [4.78, 5) is 16.0. The monoisotopic (exact) mass is 906 g/mol. The van der Waals surface area contributed by atoms with E-state index in [1.165, 1.54) is 0 Å². The minimum Gasteiger partial charge on any atom is -0.454 e. The van der Waals surface area contributed by atoms with Crippen molar-refractivity contribution in [2.45, 2.75) is 0 Å². The van der Waals surface area contributed by atoms with E-state index in [1.54, 1.807) is 0 Å². The van der Waals surface area contributed by atoms with Gasteiger partial charge in [0.1, 0.15) is 5.58 Å². The summed E-state index contributed by atoms with van der Waals surface area (Å²) in [5.74, 6) is 1.50. The molecule has 10 aromatic carbocycles. The second-order valence-corrected chi connectivity index (χ2v) is 17.8. The Bertz CT molecular complexity index is 4460. The molecule has 14 rings (SSSR count). The van der Waals surface area contributed by atoms with Gasteiger partial charge >= 0.3 is 0 Å². The molecule has 0 saturated heterocycles. The highest BCUT2D eigenvalue weighted by atomic mass is 16.3. The number of nitriles is 1. The summed E-state index contributed by atoms with van der Waals surface area (Å²) in [5.41, 5.74) is 14.8. The van der Waals surface area contributed by atoms with E-state index in [2.05, 4.69) is 167 Å². The molecule has 0 aliphatic carbocycles. The van der Waals surface area contributed by atoms with Crippen LogP contribution in [0.2, 0.25) is 0 Å². The number of hydrogen-bond acceptors (Lipinski definition) is 5. The van der Waals surface area contributed by atoms with Gasteiger partial charge in [0.2, 0.25) is 0 Å². The largest absolute Gasteiger partial charge is 0.454 e. The Hall–Kier alpha value is -9.90. The topological polar surface area (TPSA) is 85.5 Å². The smallest absolute Gasteiger partial charge is 0.166 e. The Morgan fingerprint density at radius 3 is 1.73 bits per heavy atom. The van der Waals surface area contributed by atoms with Crippen molar-refractivity contribution in [1.29, 1.82) is 5.26 Å². The van der Waals surface area contributed by atoms with Gasteiger partial charge in [-0.15, -0.1) is 0 Å². The third-order valence-electron chi connectivity index (χ3n) is 13.8. The number of furan rings is 1. The van der Waals surface area contributed by atoms with Crippen molar-refractivity contribution in [1.82, 2.24) is 24.1 Å². The Balaban J connectivity index is 1.06. The number of rotatable bonds is 7. The lowest BCUT2D eigenvalue weighted by atomic mass is 9.99. The highest BCUT2D eigenvalue weighted by Gasteiger charge is 2.25. The van der Waals surface area contributed by atoms with E-state index in [0.29, 0.717) is 28.6 Å². The molecule has 14 aromatic rings. The van der Waals surface area contributed by atoms with Crippen LogP contribution in [0.5, 0.6) is 0 Å². The zero-order valence-corrected chi connectivity index (χ0v) is 38.0. The van der Waals surface area contributed by atoms with Crippen LogP contribution in [-0.4, -0.2) is 24.1 Å². The molecule has 0 amide bonds. The summed E-state index contributed by atoms with van der Waals surface area (Å²) in [7, 11) is 0. The lowest BCUT2D eigenvalue weighted by Gasteiger charge is -2.16. The third kappa shape index (κ3) is 6.40. The van der Waals surface area contributed by atoms with Crippen molar-refractivity contribution in [3.8, 4) is 73.9 Å². The number of hydrogen-bond donors (Lipinski definition) is 0. The average Bonchev–Trinajstić information content (AvgIpc) is 4.12. The molecule has 4 aromatic heterocycles. The van der Waals surface area contributed by atoms with Gasteiger partial charge in [-0.05, 0) is 70.8 Å². The number of benzene rings is 10. The first-order valence-electron chi connectivity index (χ1n) is 23.7. The van der Waals surface area contributed by atoms with Gasteiger partial charge < -0.3 is 13.6 Å². The summed E-state index contributed by atoms with van der Waals surface area (Å²) < 4.78 is 11.4. The lowest BCUT2D eigenvalue weighted by Crippen LogP contribution is -2.04. The summed E-state index contributed by atoms with van der Waals surface area (Å²) in [5, 5.41) is 17.1. The Kier molecular flexibility index (Phi) is 9.13. The molecular weight excluding hydrogens is 869 g/mol. The standard InChI is InChI=1S/C64H38N6O/c65-39-40-30-36-55(52(38-40)64-67-62(44-33-31-42(32-34-44)41-16-3-1-4-17-41)66-63(68-64)50-23-8-7-20-45(50)43-18-5-2-6-19-43)70-53-26-12-9-21-46(53)48-35-37-56-59(60(48)70)51-24-10-13-27-54(51)69(56)57-28-15-25-49-47-22-11-14-29-58(47)71-61(49)57/h1-38H. The van der Waals surface area contributed by atoms with Crippen LogP contribution in [-0.2, 0) is 0 Å². The highest BCUT2D eigenvalue weighted by molar-refractivity contribution is 6.26. The maximum absolute atomic E-state index is 10.6. The quantitative estimate of drug-likeness (QED) is 0.159. The number of nitrogens with zero attached hydrogens (tertiary/aromatic N) is 6. The maximum Gasteiger partial charge on any atom is 0.166 e. The first kappa shape index (κ1) is 40.2. The molecule has 0 aliphatic rings. The van der Waals surface area contributed by atoms with Gasteiger partial charge in [-0.2, -0.15) is 5.26 Å². The fourth-order valence-electron chi connectivity index (χ4n) is 10.6. The van der Waals surface area contributed by atoms with Gasteiger partial charge in [-0.1, -0.05) is 182 Å². The molecule has 0 radical (unpaired) electrons. The maximum atomic E-state index is 10.6. The molecule has 0 fully saturated rings. The average molecular weight is 907 g/mol. The van der Waals surface area contributed by atoms with Crippen LogP contribution in [0.1, 0.15) is 5.56 Å². The third-order valence-corrected chi connectivity index (χ3v) is 13.8. The van der Waals surface area contributed by atoms with Gasteiger partial charge in [0, 0.05) is 49.0 Å². The van der Waals surface area contributed by atoms with Gasteiger partial charge in [0.05, 0.1) is 45.1 Å². The van der Waals surface area contributed by atoms with Crippen LogP contribution in [0, 0.1) is 11.3 Å². The second kappa shape index (κ2) is 16.1. The van der Waals surface area contributed by atoms with Crippen molar-refractivity contribution >= 4 is 65.6 Å². The molecule has 0 unspecified atom stereocenters. The molecule has 0 aliphatic heterocycles. The van der Waals surface area contributed by atoms with Gasteiger partial charge in [0.15, 0.2) is 23.1 Å². The molecule has 71 heavy (non-hydrogen) atoms. The van der Waals surface area contributed by atoms with E-state index in [9.17, 15) is 5.26 Å². The number of fused-ring (bicyclic) bond motifs is 10. The number of aromatic nitrogens is 5. The minimum atomic E-state index is 0.448. The summed E-state index contributed by atoms with van der Waals surface area (Å²) in [6.45, 7) is 0. The van der Waals surface area contributed by atoms with E-state index >= 15 is 0 Å². The molecule has 4 heterocycles. The van der Waals surface area contributed by atoms with Gasteiger partial charge in [-0.25, -0.2) is 15.0 Å². The van der Waals surface area contributed by atoms with Crippen molar-refractivity contribution in [3.05, 3.63) is 236 Å². The first-order chi connectivity index (χ1) is 35.2. The van der Waals surface area contributed by atoms with Crippen molar-refractivity contribution in [3.63, 3.8) is 0 Å². The zero-order valence-electron chi connectivity index (χ0n) is 38.0. The predicted octanol–water partition coefficient (Wildman–Crippen LogP) is 16.2. The zero-order chi connectivity index (χ0) is 47.0. The minimum absolute atomic E-state index is 0.448. The van der Waals surface area contributed by atoms with E-state index in [1.807, 2.05) is 78.9 Å². The fourth-order valence-corrected chi connectivity index (χ4v) is 10.6. The van der Waals surface area contributed by atoms with Crippen LogP contribution in [0.4, 0.5) is 0 Å². The van der Waals surface area contributed by atoms with Crippen LogP contribution < -0.4 is 0 Å². The van der Waals surface area contributed by atoms with Crippen LogP contribution in [0.15, 0.2) is 235 Å². The summed E-state index contributed by atoms with van der Waals surface area (Å²) in [6.07, 6.45) is 0.